The number of aliphatic hydroxyl groups excluding tert-OH is 1. The second-order valence-corrected chi connectivity index (χ2v) is 15.1. The molecule has 2 aliphatic heterocycles. The van der Waals surface area contributed by atoms with Gasteiger partial charge in [0.2, 0.25) is 5.79 Å². The Morgan fingerprint density at radius 1 is 1.02 bits per heavy atom. The molecule has 0 aromatic rings. The fraction of sp³-hybridized carbons (Fsp3) is 0.812. The first-order chi connectivity index (χ1) is 18.4. The number of hydrogen-bond donors (Lipinski definition) is 1. The van der Waals surface area contributed by atoms with Gasteiger partial charge in [0.05, 0.1) is 17.6 Å². The first-order valence-electron chi connectivity index (χ1n) is 15.0. The Labute approximate surface area is 236 Å². The molecule has 0 radical (unpaired) electrons. The van der Waals surface area contributed by atoms with Gasteiger partial charge in [-0.2, -0.15) is 0 Å². The average molecular weight is 557 g/mol. The van der Waals surface area contributed by atoms with Crippen LogP contribution in [0.2, 0.25) is 0 Å². The van der Waals surface area contributed by atoms with E-state index >= 15 is 0 Å². The summed E-state index contributed by atoms with van der Waals surface area (Å²) in [6, 6.07) is 0. The van der Waals surface area contributed by atoms with Crippen LogP contribution >= 0.6 is 0 Å². The molecular formula is C32H44O8. The number of aliphatic hydroxyl groups is 1. The third-order valence-electron chi connectivity index (χ3n) is 12.8. The standard InChI is InChI=1S/C32H44O8/c1-16-12-31(39-26(16)37)13-17(2)32(40-31)15-23(36)30(8)25-20(38-18(3)33)11-21-27(4,5)22(35)9-10-28(21,6)24(25)19(34)14-29(30,32)7/h16-17,20-21,23,36H,9-15H2,1-8H3. The lowest BCUT2D eigenvalue weighted by atomic mass is 9.42. The Morgan fingerprint density at radius 3 is 2.30 bits per heavy atom. The van der Waals surface area contributed by atoms with Crippen LogP contribution < -0.4 is 0 Å². The van der Waals surface area contributed by atoms with Crippen LogP contribution in [0.1, 0.15) is 100 Å². The van der Waals surface area contributed by atoms with Gasteiger partial charge in [-0.05, 0) is 30.3 Å². The van der Waals surface area contributed by atoms with Crippen molar-refractivity contribution in [3.05, 3.63) is 11.1 Å². The van der Waals surface area contributed by atoms with Crippen LogP contribution in [0.5, 0.6) is 0 Å². The van der Waals surface area contributed by atoms with Crippen LogP contribution in [0.3, 0.4) is 0 Å². The van der Waals surface area contributed by atoms with Gasteiger partial charge in [0.25, 0.3) is 0 Å². The Morgan fingerprint density at radius 2 is 1.70 bits per heavy atom. The molecule has 2 heterocycles. The minimum absolute atomic E-state index is 0.0218. The van der Waals surface area contributed by atoms with Gasteiger partial charge in [0.1, 0.15) is 11.9 Å². The molecule has 2 saturated heterocycles. The highest BCUT2D eigenvalue weighted by atomic mass is 16.7. The van der Waals surface area contributed by atoms with E-state index in [0.29, 0.717) is 43.3 Å². The smallest absolute Gasteiger partial charge is 0.311 e. The third-order valence-corrected chi connectivity index (χ3v) is 12.8. The number of ether oxygens (including phenoxy) is 3. The van der Waals surface area contributed by atoms with E-state index in [1.165, 1.54) is 6.92 Å². The molecule has 40 heavy (non-hydrogen) atoms. The van der Waals surface area contributed by atoms with Crippen molar-refractivity contribution in [1.82, 2.24) is 0 Å². The summed E-state index contributed by atoms with van der Waals surface area (Å²) < 4.78 is 18.8. The molecule has 1 N–H and O–H groups in total. The van der Waals surface area contributed by atoms with Gasteiger partial charge in [0, 0.05) is 66.3 Å². The van der Waals surface area contributed by atoms with Crippen molar-refractivity contribution in [2.75, 3.05) is 0 Å². The Bertz CT molecular complexity index is 1270. The summed E-state index contributed by atoms with van der Waals surface area (Å²) >= 11 is 0. The number of hydrogen-bond acceptors (Lipinski definition) is 8. The van der Waals surface area contributed by atoms with Crippen molar-refractivity contribution in [3.8, 4) is 0 Å². The van der Waals surface area contributed by atoms with E-state index in [4.69, 9.17) is 14.2 Å². The highest BCUT2D eigenvalue weighted by Gasteiger charge is 2.79. The summed E-state index contributed by atoms with van der Waals surface area (Å²) in [6.45, 7) is 15.3. The molecule has 8 nitrogen and oxygen atoms in total. The van der Waals surface area contributed by atoms with Crippen molar-refractivity contribution in [1.29, 1.82) is 0 Å². The van der Waals surface area contributed by atoms with Gasteiger partial charge in [-0.1, -0.05) is 48.5 Å². The molecule has 10 unspecified atom stereocenters. The molecule has 10 atom stereocenters. The highest BCUT2D eigenvalue weighted by Crippen LogP contribution is 2.75. The summed E-state index contributed by atoms with van der Waals surface area (Å²) in [5.41, 5.74) is -2.61. The van der Waals surface area contributed by atoms with Gasteiger partial charge in [0.15, 0.2) is 5.78 Å². The second kappa shape index (κ2) is 8.06. The van der Waals surface area contributed by atoms with Crippen LogP contribution in [0.25, 0.3) is 0 Å². The highest BCUT2D eigenvalue weighted by molar-refractivity contribution is 6.01. The minimum Gasteiger partial charge on any atom is -0.458 e. The fourth-order valence-electron chi connectivity index (χ4n) is 10.7. The molecular weight excluding hydrogens is 512 g/mol. The van der Waals surface area contributed by atoms with Gasteiger partial charge >= 0.3 is 11.9 Å². The van der Waals surface area contributed by atoms with Crippen LogP contribution in [0.15, 0.2) is 11.1 Å². The van der Waals surface area contributed by atoms with E-state index in [0.717, 1.165) is 0 Å². The van der Waals surface area contributed by atoms with E-state index in [2.05, 4.69) is 13.8 Å². The molecule has 0 aromatic heterocycles. The first-order valence-corrected chi connectivity index (χ1v) is 15.0. The summed E-state index contributed by atoms with van der Waals surface area (Å²) in [4.78, 5) is 52.6. The lowest BCUT2D eigenvalue weighted by Crippen LogP contribution is -2.63. The quantitative estimate of drug-likeness (QED) is 0.471. The zero-order chi connectivity index (χ0) is 29.4. The minimum atomic E-state index is -1.06. The molecule has 8 heteroatoms. The molecule has 2 spiro atoms. The van der Waals surface area contributed by atoms with Crippen LogP contribution in [-0.4, -0.2) is 52.2 Å². The molecule has 6 rings (SSSR count). The zero-order valence-electron chi connectivity index (χ0n) is 25.1. The number of allylic oxidation sites excluding steroid dienone is 1. The molecule has 0 amide bonds. The van der Waals surface area contributed by atoms with Crippen LogP contribution in [0, 0.1) is 39.4 Å². The third kappa shape index (κ3) is 3.10. The molecule has 4 aliphatic carbocycles. The number of esters is 2. The average Bonchev–Trinajstić information content (AvgIpc) is 3.33. The fourth-order valence-corrected chi connectivity index (χ4v) is 10.7. The Hall–Kier alpha value is -2.06. The number of carbonyl (C=O) groups is 4. The van der Waals surface area contributed by atoms with E-state index in [9.17, 15) is 24.3 Å². The molecule has 6 aliphatic rings. The second-order valence-electron chi connectivity index (χ2n) is 15.1. The van der Waals surface area contributed by atoms with Crippen molar-refractivity contribution < 1.29 is 38.5 Å². The largest absolute Gasteiger partial charge is 0.458 e. The van der Waals surface area contributed by atoms with Gasteiger partial charge in [-0.15, -0.1) is 0 Å². The lowest BCUT2D eigenvalue weighted by Gasteiger charge is -2.62. The zero-order valence-corrected chi connectivity index (χ0v) is 25.1. The SMILES string of the molecule is CC(=O)OC1CC2C(C)(C)C(=O)CCC2(C)C2=C1C1(C)C(O)CC3(OC4(CC(C)C(=O)O4)CC3C)C1(C)CC2=O. The maximum Gasteiger partial charge on any atom is 0.311 e. The molecule has 0 aromatic carbocycles. The normalized spacial score (nSPS) is 51.1. The number of carbonyl (C=O) groups excluding carboxylic acids is 4. The van der Waals surface area contributed by atoms with Crippen LogP contribution in [0.4, 0.5) is 0 Å². The number of fused-ring (bicyclic) bond motifs is 5. The predicted octanol–water partition coefficient (Wildman–Crippen LogP) is 4.45. The summed E-state index contributed by atoms with van der Waals surface area (Å²) in [6.07, 6.45) is 1.14. The molecule has 2 saturated carbocycles. The van der Waals surface area contributed by atoms with Crippen molar-refractivity contribution >= 4 is 23.5 Å². The van der Waals surface area contributed by atoms with Gasteiger partial charge in [-0.25, -0.2) is 0 Å². The molecule has 4 fully saturated rings. The van der Waals surface area contributed by atoms with Crippen LogP contribution in [-0.2, 0) is 33.4 Å². The predicted molar refractivity (Wildman–Crippen MR) is 143 cm³/mol. The molecule has 0 bridgehead atoms. The number of rotatable bonds is 1. The monoisotopic (exact) mass is 556 g/mol. The van der Waals surface area contributed by atoms with E-state index in [1.54, 1.807) is 0 Å². The van der Waals surface area contributed by atoms with E-state index in [1.807, 2.05) is 34.6 Å². The first kappa shape index (κ1) is 28.1. The van der Waals surface area contributed by atoms with Crippen molar-refractivity contribution in [3.63, 3.8) is 0 Å². The Kier molecular flexibility index (Phi) is 5.66. The van der Waals surface area contributed by atoms with Gasteiger partial charge in [-0.3, -0.25) is 19.2 Å². The number of Topliss-reactive ketones (excluding diaryl/α,β-unsaturated/α-hetero) is 2. The topological polar surface area (TPSA) is 116 Å². The lowest BCUT2D eigenvalue weighted by molar-refractivity contribution is -0.254. The number of ketones is 2. The molecule has 220 valence electrons. The van der Waals surface area contributed by atoms with Crippen molar-refractivity contribution in [2.45, 2.75) is 124 Å². The summed E-state index contributed by atoms with van der Waals surface area (Å²) in [5, 5.41) is 12.1. The van der Waals surface area contributed by atoms with Gasteiger partial charge < -0.3 is 19.3 Å². The Balaban J connectivity index is 1.55. The maximum absolute atomic E-state index is 14.6. The van der Waals surface area contributed by atoms with E-state index in [-0.39, 0.29) is 48.1 Å². The maximum atomic E-state index is 14.6. The summed E-state index contributed by atoms with van der Waals surface area (Å²) in [5.74, 6) is -2.21. The summed E-state index contributed by atoms with van der Waals surface area (Å²) in [7, 11) is 0. The van der Waals surface area contributed by atoms with E-state index < -0.39 is 51.2 Å². The van der Waals surface area contributed by atoms with Crippen molar-refractivity contribution in [2.24, 2.45) is 39.4 Å².